The third-order valence-electron chi connectivity index (χ3n) is 2.90. The van der Waals surface area contributed by atoms with Gasteiger partial charge < -0.3 is 5.32 Å². The minimum Gasteiger partial charge on any atom is -0.322 e. The summed E-state index contributed by atoms with van der Waals surface area (Å²) in [6.45, 7) is 3.91. The summed E-state index contributed by atoms with van der Waals surface area (Å²) < 4.78 is 0. The molecule has 94 valence electrons. The van der Waals surface area contributed by atoms with E-state index in [9.17, 15) is 4.79 Å². The van der Waals surface area contributed by atoms with Crippen LogP contribution in [0.2, 0.25) is 0 Å². The molecule has 2 aromatic rings. The molecule has 0 atom stereocenters. The third kappa shape index (κ3) is 2.99. The van der Waals surface area contributed by atoms with E-state index in [0.717, 1.165) is 11.1 Å². The molecule has 0 aromatic heterocycles. The minimum absolute atomic E-state index is 0.137. The average Bonchev–Trinajstić information content (AvgIpc) is 2.39. The lowest BCUT2D eigenvalue weighted by Gasteiger charge is -2.08. The van der Waals surface area contributed by atoms with E-state index in [0.29, 0.717) is 16.8 Å². The maximum Gasteiger partial charge on any atom is 0.255 e. The SMILES string of the molecule is Cc1ccc(C(=O)Nc2ccc(C#N)cc2)c(C)c1. The van der Waals surface area contributed by atoms with Crippen LogP contribution in [0.4, 0.5) is 5.69 Å². The fourth-order valence-electron chi connectivity index (χ4n) is 1.89. The number of nitrogens with one attached hydrogen (secondary N) is 1. The summed E-state index contributed by atoms with van der Waals surface area (Å²) in [6.07, 6.45) is 0. The molecule has 1 amide bonds. The van der Waals surface area contributed by atoms with Gasteiger partial charge in [-0.05, 0) is 49.7 Å². The summed E-state index contributed by atoms with van der Waals surface area (Å²) in [5, 5.41) is 11.5. The van der Waals surface area contributed by atoms with Gasteiger partial charge in [0, 0.05) is 11.3 Å². The average molecular weight is 250 g/mol. The van der Waals surface area contributed by atoms with Crippen molar-refractivity contribution < 1.29 is 4.79 Å². The first kappa shape index (κ1) is 12.8. The number of anilines is 1. The highest BCUT2D eigenvalue weighted by atomic mass is 16.1. The van der Waals surface area contributed by atoms with Crippen molar-refractivity contribution in [3.63, 3.8) is 0 Å². The van der Waals surface area contributed by atoms with Gasteiger partial charge in [-0.2, -0.15) is 5.26 Å². The zero-order valence-corrected chi connectivity index (χ0v) is 10.9. The molecular weight excluding hydrogens is 236 g/mol. The molecule has 0 unspecified atom stereocenters. The maximum absolute atomic E-state index is 12.1. The van der Waals surface area contributed by atoms with E-state index in [-0.39, 0.29) is 5.91 Å². The summed E-state index contributed by atoms with van der Waals surface area (Å²) >= 11 is 0. The molecule has 1 N–H and O–H groups in total. The van der Waals surface area contributed by atoms with Gasteiger partial charge >= 0.3 is 0 Å². The van der Waals surface area contributed by atoms with Crippen molar-refractivity contribution in [1.82, 2.24) is 0 Å². The van der Waals surface area contributed by atoms with Crippen LogP contribution in [0.3, 0.4) is 0 Å². The van der Waals surface area contributed by atoms with Crippen molar-refractivity contribution in [3.05, 3.63) is 64.7 Å². The van der Waals surface area contributed by atoms with Crippen LogP contribution in [-0.4, -0.2) is 5.91 Å². The number of benzene rings is 2. The van der Waals surface area contributed by atoms with Gasteiger partial charge in [0.25, 0.3) is 5.91 Å². The Hall–Kier alpha value is -2.60. The molecule has 0 radical (unpaired) electrons. The zero-order valence-electron chi connectivity index (χ0n) is 10.9. The van der Waals surface area contributed by atoms with Gasteiger partial charge in [0.05, 0.1) is 11.6 Å². The van der Waals surface area contributed by atoms with Crippen LogP contribution < -0.4 is 5.32 Å². The standard InChI is InChI=1S/C16H14N2O/c1-11-3-8-15(12(2)9-11)16(19)18-14-6-4-13(10-17)5-7-14/h3-9H,1-2H3,(H,18,19). The van der Waals surface area contributed by atoms with E-state index in [1.807, 2.05) is 38.1 Å². The number of amides is 1. The molecular formula is C16H14N2O. The van der Waals surface area contributed by atoms with Crippen molar-refractivity contribution in [2.24, 2.45) is 0 Å². The Balaban J connectivity index is 2.18. The molecule has 3 nitrogen and oxygen atoms in total. The Kier molecular flexibility index (Phi) is 3.63. The lowest BCUT2D eigenvalue weighted by atomic mass is 10.1. The Labute approximate surface area is 112 Å². The number of carbonyl (C=O) groups is 1. The predicted molar refractivity (Wildman–Crippen MR) is 75.0 cm³/mol. The fraction of sp³-hybridized carbons (Fsp3) is 0.125. The summed E-state index contributed by atoms with van der Waals surface area (Å²) in [7, 11) is 0. The fourth-order valence-corrected chi connectivity index (χ4v) is 1.89. The Morgan fingerprint density at radius 2 is 1.79 bits per heavy atom. The van der Waals surface area contributed by atoms with Crippen LogP contribution in [0.1, 0.15) is 27.0 Å². The normalized spacial score (nSPS) is 9.74. The third-order valence-corrected chi connectivity index (χ3v) is 2.90. The molecule has 0 saturated heterocycles. The lowest BCUT2D eigenvalue weighted by molar-refractivity contribution is 0.102. The highest BCUT2D eigenvalue weighted by molar-refractivity contribution is 6.05. The lowest BCUT2D eigenvalue weighted by Crippen LogP contribution is -2.13. The summed E-state index contributed by atoms with van der Waals surface area (Å²) in [4.78, 5) is 12.1. The van der Waals surface area contributed by atoms with E-state index >= 15 is 0 Å². The van der Waals surface area contributed by atoms with Crippen LogP contribution in [0, 0.1) is 25.2 Å². The van der Waals surface area contributed by atoms with Crippen LogP contribution >= 0.6 is 0 Å². The second-order valence-corrected chi connectivity index (χ2v) is 4.46. The molecule has 0 spiro atoms. The Morgan fingerprint density at radius 1 is 1.11 bits per heavy atom. The second kappa shape index (κ2) is 5.36. The molecule has 0 aliphatic rings. The van der Waals surface area contributed by atoms with Gasteiger partial charge in [0.2, 0.25) is 0 Å². The largest absolute Gasteiger partial charge is 0.322 e. The van der Waals surface area contributed by atoms with Gasteiger partial charge in [0.15, 0.2) is 0 Å². The minimum atomic E-state index is -0.137. The van der Waals surface area contributed by atoms with Crippen LogP contribution in [0.25, 0.3) is 0 Å². The predicted octanol–water partition coefficient (Wildman–Crippen LogP) is 3.43. The number of nitrogens with zero attached hydrogens (tertiary/aromatic N) is 1. The zero-order chi connectivity index (χ0) is 13.8. The van der Waals surface area contributed by atoms with Gasteiger partial charge in [-0.3, -0.25) is 4.79 Å². The van der Waals surface area contributed by atoms with Crippen LogP contribution in [-0.2, 0) is 0 Å². The quantitative estimate of drug-likeness (QED) is 0.887. The first-order chi connectivity index (χ1) is 9.10. The van der Waals surface area contributed by atoms with Crippen LogP contribution in [0.5, 0.6) is 0 Å². The number of aryl methyl sites for hydroxylation is 2. The topological polar surface area (TPSA) is 52.9 Å². The number of carbonyl (C=O) groups excluding carboxylic acids is 1. The molecule has 19 heavy (non-hydrogen) atoms. The second-order valence-electron chi connectivity index (χ2n) is 4.46. The first-order valence-electron chi connectivity index (χ1n) is 5.99. The molecule has 0 fully saturated rings. The highest BCUT2D eigenvalue weighted by Crippen LogP contribution is 2.14. The van der Waals surface area contributed by atoms with Gasteiger partial charge in [-0.1, -0.05) is 17.7 Å². The molecule has 2 aromatic carbocycles. The van der Waals surface area contributed by atoms with Gasteiger partial charge in [-0.15, -0.1) is 0 Å². The first-order valence-corrected chi connectivity index (χ1v) is 5.99. The van der Waals surface area contributed by atoms with E-state index in [4.69, 9.17) is 5.26 Å². The molecule has 0 bridgehead atoms. The molecule has 0 heterocycles. The van der Waals surface area contributed by atoms with E-state index in [1.54, 1.807) is 24.3 Å². The summed E-state index contributed by atoms with van der Waals surface area (Å²) in [5.74, 6) is -0.137. The molecule has 3 heteroatoms. The van der Waals surface area contributed by atoms with E-state index in [2.05, 4.69) is 5.32 Å². The molecule has 0 saturated carbocycles. The summed E-state index contributed by atoms with van der Waals surface area (Å²) in [5.41, 5.74) is 4.00. The summed E-state index contributed by atoms with van der Waals surface area (Å²) in [6, 6.07) is 14.6. The van der Waals surface area contributed by atoms with Crippen molar-refractivity contribution in [2.75, 3.05) is 5.32 Å². The Morgan fingerprint density at radius 3 is 2.37 bits per heavy atom. The van der Waals surface area contributed by atoms with Gasteiger partial charge in [0.1, 0.15) is 0 Å². The van der Waals surface area contributed by atoms with Crippen molar-refractivity contribution in [3.8, 4) is 6.07 Å². The molecule has 0 aliphatic heterocycles. The number of hydrogen-bond donors (Lipinski definition) is 1. The highest BCUT2D eigenvalue weighted by Gasteiger charge is 2.09. The number of nitriles is 1. The maximum atomic E-state index is 12.1. The Bertz CT molecular complexity index is 651. The molecule has 0 aliphatic carbocycles. The van der Waals surface area contributed by atoms with E-state index < -0.39 is 0 Å². The number of hydrogen-bond acceptors (Lipinski definition) is 2. The number of rotatable bonds is 2. The van der Waals surface area contributed by atoms with Crippen molar-refractivity contribution in [2.45, 2.75) is 13.8 Å². The van der Waals surface area contributed by atoms with E-state index in [1.165, 1.54) is 0 Å². The van der Waals surface area contributed by atoms with Crippen molar-refractivity contribution >= 4 is 11.6 Å². The monoisotopic (exact) mass is 250 g/mol. The molecule has 2 rings (SSSR count). The van der Waals surface area contributed by atoms with Crippen LogP contribution in [0.15, 0.2) is 42.5 Å². The van der Waals surface area contributed by atoms with Crippen molar-refractivity contribution in [1.29, 1.82) is 5.26 Å². The van der Waals surface area contributed by atoms with Gasteiger partial charge in [-0.25, -0.2) is 0 Å². The smallest absolute Gasteiger partial charge is 0.255 e.